The minimum Gasteiger partial charge on any atom is -0.465 e. The zero-order chi connectivity index (χ0) is 24.5. The van der Waals surface area contributed by atoms with Crippen LogP contribution in [0.1, 0.15) is 36.8 Å². The lowest BCUT2D eigenvalue weighted by Gasteiger charge is -2.12. The zero-order valence-corrected chi connectivity index (χ0v) is 20.2. The van der Waals surface area contributed by atoms with Crippen LogP contribution in [0.25, 0.3) is 15.4 Å². The van der Waals surface area contributed by atoms with E-state index < -0.39 is 39.7 Å². The second-order valence-electron chi connectivity index (χ2n) is 6.99. The number of benzene rings is 1. The van der Waals surface area contributed by atoms with Crippen molar-refractivity contribution in [2.24, 2.45) is 0 Å². The Kier molecular flexibility index (Phi) is 7.67. The minimum absolute atomic E-state index is 0.0673. The number of aliphatic hydroxyl groups is 1. The molecule has 0 spiro atoms. The summed E-state index contributed by atoms with van der Waals surface area (Å²) in [5.41, 5.74) is -0.100. The molecular weight excluding hydrogens is 501 g/mol. The lowest BCUT2D eigenvalue weighted by molar-refractivity contribution is -0.145. The van der Waals surface area contributed by atoms with Gasteiger partial charge in [-0.1, -0.05) is 23.7 Å². The minimum atomic E-state index is -4.81. The third kappa shape index (κ3) is 5.16. The molecule has 1 N–H and O–H groups in total. The van der Waals surface area contributed by atoms with Crippen LogP contribution in [0.15, 0.2) is 35.2 Å². The number of carbonyl (C=O) groups is 1. The van der Waals surface area contributed by atoms with Gasteiger partial charge in [0.25, 0.3) is 0 Å². The van der Waals surface area contributed by atoms with E-state index in [0.29, 0.717) is 25.9 Å². The van der Waals surface area contributed by atoms with E-state index in [4.69, 9.17) is 16.3 Å². The molecule has 0 bridgehead atoms. The maximum absolute atomic E-state index is 13.5. The highest BCUT2D eigenvalue weighted by Gasteiger charge is 2.40. The van der Waals surface area contributed by atoms with Gasteiger partial charge in [-0.2, -0.15) is 13.2 Å². The maximum Gasteiger partial charge on any atom is 0.436 e. The number of aromatic nitrogens is 2. The molecule has 2 unspecified atom stereocenters. The molecule has 0 aliphatic heterocycles. The fourth-order valence-corrected chi connectivity index (χ4v) is 5.37. The van der Waals surface area contributed by atoms with Crippen LogP contribution in [0.4, 0.5) is 13.2 Å². The fraction of sp³-hybridized carbons (Fsp3) is 0.333. The molecule has 178 valence electrons. The Labute approximate surface area is 199 Å². The Morgan fingerprint density at radius 2 is 2.03 bits per heavy atom. The molecule has 2 heterocycles. The Bertz CT molecular complexity index is 1210. The molecule has 0 aliphatic carbocycles. The van der Waals surface area contributed by atoms with Crippen LogP contribution in [-0.4, -0.2) is 37.7 Å². The van der Waals surface area contributed by atoms with Gasteiger partial charge in [-0.05, 0) is 43.2 Å². The van der Waals surface area contributed by atoms with E-state index in [9.17, 15) is 27.3 Å². The first kappa shape index (κ1) is 25.4. The molecule has 2 atom stereocenters. The summed E-state index contributed by atoms with van der Waals surface area (Å²) in [6.07, 6.45) is -3.32. The fourth-order valence-electron chi connectivity index (χ4n) is 3.18. The molecule has 6 nitrogen and oxygen atoms in total. The van der Waals surface area contributed by atoms with Crippen molar-refractivity contribution in [2.45, 2.75) is 37.4 Å². The van der Waals surface area contributed by atoms with Crippen molar-refractivity contribution < 1.29 is 32.0 Å². The number of halogens is 4. The smallest absolute Gasteiger partial charge is 0.436 e. The summed E-state index contributed by atoms with van der Waals surface area (Å²) in [6, 6.07) is 8.27. The number of thiophene rings is 1. The van der Waals surface area contributed by atoms with Crippen molar-refractivity contribution in [1.82, 2.24) is 9.55 Å². The number of nitrogens with zero attached hydrogens (tertiary/aromatic N) is 2. The summed E-state index contributed by atoms with van der Waals surface area (Å²) in [6.45, 7) is 2.79. The van der Waals surface area contributed by atoms with Gasteiger partial charge in [0.2, 0.25) is 0 Å². The molecule has 0 saturated carbocycles. The highest BCUT2D eigenvalue weighted by Crippen LogP contribution is 2.40. The summed E-state index contributed by atoms with van der Waals surface area (Å²) >= 11 is 7.23. The standard InChI is InChI=1S/C21H20ClF3N2O4S2/c1-4-31-20(29)11(2)19-26-17(21(23,24)25)18(22)27(19)16-8-7-14(32-16)12-5-6-13(10-28)15(9-12)33(3)30/h5-9,11,28H,4,10H2,1-3H3. The van der Waals surface area contributed by atoms with Crippen LogP contribution in [-0.2, 0) is 33.1 Å². The van der Waals surface area contributed by atoms with E-state index in [1.807, 2.05) is 0 Å². The van der Waals surface area contributed by atoms with E-state index in [1.54, 1.807) is 37.3 Å². The van der Waals surface area contributed by atoms with Crippen LogP contribution in [0.5, 0.6) is 0 Å². The van der Waals surface area contributed by atoms with Gasteiger partial charge in [0.1, 0.15) is 21.9 Å². The Morgan fingerprint density at radius 3 is 2.61 bits per heavy atom. The van der Waals surface area contributed by atoms with Crippen molar-refractivity contribution in [1.29, 1.82) is 0 Å². The van der Waals surface area contributed by atoms with Gasteiger partial charge in [-0.25, -0.2) is 4.98 Å². The van der Waals surface area contributed by atoms with E-state index in [0.717, 1.165) is 15.9 Å². The third-order valence-corrected chi connectivity index (χ3v) is 7.25. The van der Waals surface area contributed by atoms with E-state index >= 15 is 0 Å². The van der Waals surface area contributed by atoms with Gasteiger partial charge >= 0.3 is 12.1 Å². The number of rotatable bonds is 7. The number of ether oxygens (including phenoxy) is 1. The second-order valence-corrected chi connectivity index (χ2v) is 9.76. The number of hydrogen-bond acceptors (Lipinski definition) is 6. The van der Waals surface area contributed by atoms with Crippen molar-refractivity contribution in [3.05, 3.63) is 52.6 Å². The molecule has 1 aromatic carbocycles. The van der Waals surface area contributed by atoms with E-state index in [-0.39, 0.29) is 19.0 Å². The van der Waals surface area contributed by atoms with Gasteiger partial charge in [0, 0.05) is 16.0 Å². The SMILES string of the molecule is CCOC(=O)C(C)c1nc(C(F)(F)F)c(Cl)n1-c1ccc(-c2ccc(CO)c(S(C)=O)c2)s1. The van der Waals surface area contributed by atoms with Crippen molar-refractivity contribution in [2.75, 3.05) is 12.9 Å². The van der Waals surface area contributed by atoms with Crippen LogP contribution in [0.3, 0.4) is 0 Å². The molecule has 3 aromatic rings. The number of alkyl halides is 3. The summed E-state index contributed by atoms with van der Waals surface area (Å²) in [5.74, 6) is -2.01. The first-order valence-electron chi connectivity index (χ1n) is 9.69. The Balaban J connectivity index is 2.13. The quantitative estimate of drug-likeness (QED) is 0.435. The van der Waals surface area contributed by atoms with Gasteiger partial charge in [-0.15, -0.1) is 11.3 Å². The molecule has 0 saturated heterocycles. The van der Waals surface area contributed by atoms with Crippen LogP contribution < -0.4 is 0 Å². The van der Waals surface area contributed by atoms with Gasteiger partial charge in [0.15, 0.2) is 5.69 Å². The van der Waals surface area contributed by atoms with Crippen molar-refractivity contribution in [3.8, 4) is 15.4 Å². The number of esters is 1. The molecule has 12 heteroatoms. The molecule has 0 radical (unpaired) electrons. The number of hydrogen-bond donors (Lipinski definition) is 1. The average molecular weight is 521 g/mol. The highest BCUT2D eigenvalue weighted by atomic mass is 35.5. The molecule has 3 rings (SSSR count). The molecule has 2 aromatic heterocycles. The normalized spacial score (nSPS) is 13.7. The lowest BCUT2D eigenvalue weighted by atomic mass is 10.1. The first-order chi connectivity index (χ1) is 15.5. The van der Waals surface area contributed by atoms with E-state index in [1.165, 1.54) is 13.2 Å². The van der Waals surface area contributed by atoms with Crippen LogP contribution in [0.2, 0.25) is 5.15 Å². The van der Waals surface area contributed by atoms with Crippen LogP contribution >= 0.6 is 22.9 Å². The number of carbonyl (C=O) groups excluding carboxylic acids is 1. The zero-order valence-electron chi connectivity index (χ0n) is 17.8. The lowest BCUT2D eigenvalue weighted by Crippen LogP contribution is -2.17. The van der Waals surface area contributed by atoms with Gasteiger partial charge in [0.05, 0.1) is 24.0 Å². The molecular formula is C21H20ClF3N2O4S2. The number of imidazole rings is 1. The number of aliphatic hydroxyl groups excluding tert-OH is 1. The third-order valence-electron chi connectivity index (χ3n) is 4.79. The van der Waals surface area contributed by atoms with Gasteiger partial charge in [-0.3, -0.25) is 13.6 Å². The highest BCUT2D eigenvalue weighted by molar-refractivity contribution is 7.84. The maximum atomic E-state index is 13.5. The molecule has 33 heavy (non-hydrogen) atoms. The van der Waals surface area contributed by atoms with Crippen LogP contribution in [0, 0.1) is 0 Å². The Hall–Kier alpha value is -2.21. The largest absolute Gasteiger partial charge is 0.465 e. The van der Waals surface area contributed by atoms with E-state index in [2.05, 4.69) is 4.98 Å². The predicted molar refractivity (Wildman–Crippen MR) is 120 cm³/mol. The Morgan fingerprint density at radius 1 is 1.33 bits per heavy atom. The molecule has 0 fully saturated rings. The summed E-state index contributed by atoms with van der Waals surface area (Å²) in [4.78, 5) is 17.0. The monoisotopic (exact) mass is 520 g/mol. The summed E-state index contributed by atoms with van der Waals surface area (Å²) in [7, 11) is -1.35. The summed E-state index contributed by atoms with van der Waals surface area (Å²) < 4.78 is 58.6. The molecule has 0 amide bonds. The predicted octanol–water partition coefficient (Wildman–Crippen LogP) is 5.17. The molecule has 0 aliphatic rings. The van der Waals surface area contributed by atoms with Crippen molar-refractivity contribution >= 4 is 39.7 Å². The summed E-state index contributed by atoms with van der Waals surface area (Å²) in [5, 5.41) is 9.11. The topological polar surface area (TPSA) is 81.4 Å². The second kappa shape index (κ2) is 9.96. The average Bonchev–Trinajstić information content (AvgIpc) is 3.37. The van der Waals surface area contributed by atoms with Crippen molar-refractivity contribution in [3.63, 3.8) is 0 Å². The first-order valence-corrected chi connectivity index (χ1v) is 12.4. The van der Waals surface area contributed by atoms with Gasteiger partial charge < -0.3 is 9.84 Å².